The molecule has 1 aromatic rings. The van der Waals surface area contributed by atoms with Crippen LogP contribution in [0, 0.1) is 0 Å². The van der Waals surface area contributed by atoms with Crippen molar-refractivity contribution in [2.24, 2.45) is 0 Å². The molecule has 1 rings (SSSR count). The van der Waals surface area contributed by atoms with Gasteiger partial charge in [-0.1, -0.05) is 69.2 Å². The number of carbonyl (C=O) groups excluding carboxylic acids is 1. The molecule has 0 aliphatic rings. The third-order valence-corrected chi connectivity index (χ3v) is 3.48. The maximum absolute atomic E-state index is 11.7. The molecule has 3 heteroatoms. The molecule has 1 amide bonds. The molecule has 0 saturated carbocycles. The van der Waals surface area contributed by atoms with Gasteiger partial charge in [0.25, 0.3) is 0 Å². The number of benzene rings is 1. The van der Waals surface area contributed by atoms with Gasteiger partial charge in [0.2, 0.25) is 5.91 Å². The van der Waals surface area contributed by atoms with Crippen molar-refractivity contribution in [1.29, 1.82) is 0 Å². The summed E-state index contributed by atoms with van der Waals surface area (Å²) in [5, 5.41) is 3.44. The lowest BCUT2D eigenvalue weighted by molar-refractivity contribution is -0.116. The Balaban J connectivity index is 2.10. The van der Waals surface area contributed by atoms with Crippen molar-refractivity contribution in [2.45, 2.75) is 58.3 Å². The molecule has 0 radical (unpaired) electrons. The number of para-hydroxylation sites is 1. The van der Waals surface area contributed by atoms with E-state index in [1.807, 2.05) is 18.2 Å². The van der Waals surface area contributed by atoms with E-state index in [1.165, 1.54) is 32.1 Å². The van der Waals surface area contributed by atoms with Gasteiger partial charge in [-0.2, -0.15) is 0 Å². The van der Waals surface area contributed by atoms with E-state index in [1.54, 1.807) is 6.07 Å². The number of amides is 1. The first-order valence-corrected chi connectivity index (χ1v) is 7.66. The highest BCUT2D eigenvalue weighted by atomic mass is 35.5. The average Bonchev–Trinajstić information content (AvgIpc) is 2.40. The fraction of sp³-hybridized carbons (Fsp3) is 0.562. The lowest BCUT2D eigenvalue weighted by Gasteiger charge is -2.06. The van der Waals surface area contributed by atoms with Crippen LogP contribution >= 0.6 is 11.6 Å². The summed E-state index contributed by atoms with van der Waals surface area (Å²) in [6, 6.07) is 7.33. The third-order valence-electron chi connectivity index (χ3n) is 3.16. The van der Waals surface area contributed by atoms with E-state index < -0.39 is 0 Å². The first-order chi connectivity index (χ1) is 9.24. The average molecular weight is 282 g/mol. The second kappa shape index (κ2) is 9.85. The molecule has 0 spiro atoms. The summed E-state index contributed by atoms with van der Waals surface area (Å²) < 4.78 is 0. The molecule has 0 atom stereocenters. The largest absolute Gasteiger partial charge is 0.325 e. The summed E-state index contributed by atoms with van der Waals surface area (Å²) in [6.07, 6.45) is 9.13. The van der Waals surface area contributed by atoms with Crippen LogP contribution in [0.5, 0.6) is 0 Å². The third kappa shape index (κ3) is 7.22. The van der Waals surface area contributed by atoms with Crippen molar-refractivity contribution in [2.75, 3.05) is 5.32 Å². The van der Waals surface area contributed by atoms with E-state index in [-0.39, 0.29) is 5.91 Å². The molecule has 2 nitrogen and oxygen atoms in total. The second-order valence-corrected chi connectivity index (χ2v) is 5.31. The van der Waals surface area contributed by atoms with Crippen LogP contribution in [0.15, 0.2) is 24.3 Å². The topological polar surface area (TPSA) is 29.1 Å². The molecule has 106 valence electrons. The number of halogens is 1. The summed E-state index contributed by atoms with van der Waals surface area (Å²) >= 11 is 5.99. The highest BCUT2D eigenvalue weighted by molar-refractivity contribution is 6.33. The minimum Gasteiger partial charge on any atom is -0.325 e. The zero-order valence-electron chi connectivity index (χ0n) is 11.8. The van der Waals surface area contributed by atoms with Crippen LogP contribution in [0.25, 0.3) is 0 Å². The van der Waals surface area contributed by atoms with Crippen LogP contribution in [0.4, 0.5) is 5.69 Å². The highest BCUT2D eigenvalue weighted by Gasteiger charge is 2.04. The van der Waals surface area contributed by atoms with Crippen molar-refractivity contribution >= 4 is 23.2 Å². The number of hydrogen-bond donors (Lipinski definition) is 1. The molecule has 0 aliphatic carbocycles. The Morgan fingerprint density at radius 2 is 1.68 bits per heavy atom. The molecular weight excluding hydrogens is 258 g/mol. The summed E-state index contributed by atoms with van der Waals surface area (Å²) in [7, 11) is 0. The van der Waals surface area contributed by atoms with Crippen LogP contribution in [0.2, 0.25) is 5.02 Å². The van der Waals surface area contributed by atoms with Crippen LogP contribution in [0.1, 0.15) is 58.3 Å². The standard InChI is InChI=1S/C16H24ClNO/c1-2-3-4-5-6-7-8-13-16(19)18-15-12-10-9-11-14(15)17/h9-12H,2-8,13H2,1H3,(H,18,19). The van der Waals surface area contributed by atoms with E-state index in [2.05, 4.69) is 12.2 Å². The molecule has 0 fully saturated rings. The minimum atomic E-state index is 0.0571. The SMILES string of the molecule is CCCCCCCCCC(=O)Nc1ccccc1Cl. The quantitative estimate of drug-likeness (QED) is 0.602. The molecule has 0 saturated heterocycles. The van der Waals surface area contributed by atoms with Gasteiger partial charge in [-0.25, -0.2) is 0 Å². The summed E-state index contributed by atoms with van der Waals surface area (Å²) in [6.45, 7) is 2.22. The van der Waals surface area contributed by atoms with Crippen molar-refractivity contribution in [1.82, 2.24) is 0 Å². The summed E-state index contributed by atoms with van der Waals surface area (Å²) in [5.41, 5.74) is 0.706. The Bertz CT molecular complexity index is 379. The van der Waals surface area contributed by atoms with E-state index >= 15 is 0 Å². The first-order valence-electron chi connectivity index (χ1n) is 7.28. The molecule has 19 heavy (non-hydrogen) atoms. The molecule has 0 heterocycles. The Morgan fingerprint density at radius 3 is 2.37 bits per heavy atom. The van der Waals surface area contributed by atoms with Gasteiger partial charge in [-0.3, -0.25) is 4.79 Å². The number of hydrogen-bond acceptors (Lipinski definition) is 1. The van der Waals surface area contributed by atoms with Gasteiger partial charge >= 0.3 is 0 Å². The molecule has 0 aromatic heterocycles. The van der Waals surface area contributed by atoms with Gasteiger partial charge in [0.05, 0.1) is 10.7 Å². The smallest absolute Gasteiger partial charge is 0.224 e. The fourth-order valence-electron chi connectivity index (χ4n) is 2.02. The number of nitrogens with one attached hydrogen (secondary N) is 1. The Kier molecular flexibility index (Phi) is 8.31. The van der Waals surface area contributed by atoms with Crippen molar-refractivity contribution in [3.05, 3.63) is 29.3 Å². The van der Waals surface area contributed by atoms with Gasteiger partial charge in [-0.05, 0) is 18.6 Å². The zero-order chi connectivity index (χ0) is 13.9. The molecule has 0 aliphatic heterocycles. The number of carbonyl (C=O) groups is 1. The predicted octanol–water partition coefficient (Wildman–Crippen LogP) is 5.42. The van der Waals surface area contributed by atoms with Crippen molar-refractivity contribution in [3.63, 3.8) is 0 Å². The predicted molar refractivity (Wildman–Crippen MR) is 82.7 cm³/mol. The number of anilines is 1. The van der Waals surface area contributed by atoms with Crippen LogP contribution < -0.4 is 5.32 Å². The van der Waals surface area contributed by atoms with E-state index in [0.29, 0.717) is 17.1 Å². The Morgan fingerprint density at radius 1 is 1.05 bits per heavy atom. The Labute approximate surface area is 121 Å². The fourth-order valence-corrected chi connectivity index (χ4v) is 2.20. The maximum Gasteiger partial charge on any atom is 0.224 e. The normalized spacial score (nSPS) is 10.4. The molecule has 1 N–H and O–H groups in total. The van der Waals surface area contributed by atoms with Crippen LogP contribution in [-0.2, 0) is 4.79 Å². The van der Waals surface area contributed by atoms with E-state index in [9.17, 15) is 4.79 Å². The van der Waals surface area contributed by atoms with Gasteiger partial charge in [0, 0.05) is 6.42 Å². The number of rotatable bonds is 9. The second-order valence-electron chi connectivity index (χ2n) is 4.90. The van der Waals surface area contributed by atoms with E-state index in [0.717, 1.165) is 12.8 Å². The maximum atomic E-state index is 11.7. The molecule has 0 unspecified atom stereocenters. The summed E-state index contributed by atoms with van der Waals surface area (Å²) in [4.78, 5) is 11.7. The van der Waals surface area contributed by atoms with Gasteiger partial charge in [-0.15, -0.1) is 0 Å². The van der Waals surface area contributed by atoms with Crippen molar-refractivity contribution in [3.8, 4) is 0 Å². The Hall–Kier alpha value is -1.02. The number of unbranched alkanes of at least 4 members (excludes halogenated alkanes) is 6. The van der Waals surface area contributed by atoms with Gasteiger partial charge in [0.1, 0.15) is 0 Å². The van der Waals surface area contributed by atoms with E-state index in [4.69, 9.17) is 11.6 Å². The molecular formula is C16H24ClNO. The monoisotopic (exact) mass is 281 g/mol. The molecule has 0 bridgehead atoms. The zero-order valence-corrected chi connectivity index (χ0v) is 12.5. The van der Waals surface area contributed by atoms with Gasteiger partial charge < -0.3 is 5.32 Å². The lowest BCUT2D eigenvalue weighted by atomic mass is 10.1. The van der Waals surface area contributed by atoms with Gasteiger partial charge in [0.15, 0.2) is 0 Å². The minimum absolute atomic E-state index is 0.0571. The lowest BCUT2D eigenvalue weighted by Crippen LogP contribution is -2.11. The highest BCUT2D eigenvalue weighted by Crippen LogP contribution is 2.20. The molecule has 1 aromatic carbocycles. The van der Waals surface area contributed by atoms with Crippen LogP contribution in [0.3, 0.4) is 0 Å². The van der Waals surface area contributed by atoms with Crippen molar-refractivity contribution < 1.29 is 4.79 Å². The summed E-state index contributed by atoms with van der Waals surface area (Å²) in [5.74, 6) is 0.0571. The van der Waals surface area contributed by atoms with Crippen LogP contribution in [-0.4, -0.2) is 5.91 Å². The first kappa shape index (κ1) is 16.0.